The predicted molar refractivity (Wildman–Crippen MR) is 101 cm³/mol. The topological polar surface area (TPSA) is 53.4 Å². The molecular formula is C18H23BrFN5O. The Morgan fingerprint density at radius 1 is 1.27 bits per heavy atom. The van der Waals surface area contributed by atoms with E-state index in [9.17, 15) is 9.18 Å². The molecule has 1 aliphatic heterocycles. The Bertz CT molecular complexity index is 758. The molecule has 0 atom stereocenters. The number of imidazole rings is 1. The number of aromatic nitrogens is 2. The van der Waals surface area contributed by atoms with Gasteiger partial charge in [-0.05, 0) is 12.1 Å². The van der Waals surface area contributed by atoms with Crippen molar-refractivity contribution < 1.29 is 9.18 Å². The molecule has 0 aliphatic carbocycles. The van der Waals surface area contributed by atoms with E-state index in [-0.39, 0.29) is 11.7 Å². The Balaban J connectivity index is 1.40. The number of hydrogen-bond donors (Lipinski definition) is 1. The highest BCUT2D eigenvalue weighted by atomic mass is 79.9. The van der Waals surface area contributed by atoms with Crippen molar-refractivity contribution in [3.8, 4) is 0 Å². The average Bonchev–Trinajstić information content (AvgIpc) is 3.02. The van der Waals surface area contributed by atoms with E-state index in [1.165, 1.54) is 6.07 Å². The van der Waals surface area contributed by atoms with E-state index in [2.05, 4.69) is 36.0 Å². The highest BCUT2D eigenvalue weighted by Gasteiger charge is 2.20. The van der Waals surface area contributed by atoms with Crippen LogP contribution in [0.2, 0.25) is 0 Å². The molecule has 0 radical (unpaired) electrons. The molecule has 6 nitrogen and oxygen atoms in total. The first kappa shape index (κ1) is 19.0. The van der Waals surface area contributed by atoms with Crippen LogP contribution in [0.1, 0.15) is 11.4 Å². The summed E-state index contributed by atoms with van der Waals surface area (Å²) in [4.78, 5) is 20.6. The first-order valence-corrected chi connectivity index (χ1v) is 9.42. The van der Waals surface area contributed by atoms with Crippen LogP contribution in [0.3, 0.4) is 0 Å². The average molecular weight is 424 g/mol. The number of carbonyl (C=O) groups is 1. The molecule has 0 spiro atoms. The first-order chi connectivity index (χ1) is 12.5. The quantitative estimate of drug-likeness (QED) is 0.768. The van der Waals surface area contributed by atoms with Gasteiger partial charge in [0.1, 0.15) is 11.6 Å². The summed E-state index contributed by atoms with van der Waals surface area (Å²) in [5.41, 5.74) is 0.703. The number of piperazine rings is 1. The first-order valence-electron chi connectivity index (χ1n) is 8.63. The van der Waals surface area contributed by atoms with Gasteiger partial charge in [0, 0.05) is 62.2 Å². The smallest absolute Gasteiger partial charge is 0.234 e. The summed E-state index contributed by atoms with van der Waals surface area (Å²) >= 11 is 3.28. The number of halogens is 2. The number of rotatable bonds is 6. The van der Waals surface area contributed by atoms with Crippen LogP contribution in [0.4, 0.5) is 4.39 Å². The van der Waals surface area contributed by atoms with E-state index in [0.717, 1.165) is 36.5 Å². The minimum atomic E-state index is -0.185. The lowest BCUT2D eigenvalue weighted by molar-refractivity contribution is -0.122. The van der Waals surface area contributed by atoms with Gasteiger partial charge in [0.2, 0.25) is 5.91 Å². The lowest BCUT2D eigenvalue weighted by Crippen LogP contribution is -2.49. The molecule has 1 fully saturated rings. The summed E-state index contributed by atoms with van der Waals surface area (Å²) in [6.07, 6.45) is 3.57. The lowest BCUT2D eigenvalue weighted by Gasteiger charge is -2.34. The Hall–Kier alpha value is -1.77. The van der Waals surface area contributed by atoms with Crippen LogP contribution in [0, 0.1) is 5.82 Å². The van der Waals surface area contributed by atoms with Crippen LogP contribution in [-0.4, -0.2) is 58.0 Å². The predicted octanol–water partition coefficient (Wildman–Crippen LogP) is 1.76. The molecule has 0 saturated carbocycles. The second-order valence-corrected chi connectivity index (χ2v) is 7.43. The molecule has 1 aliphatic rings. The fourth-order valence-corrected chi connectivity index (χ4v) is 3.33. The van der Waals surface area contributed by atoms with E-state index in [0.29, 0.717) is 25.2 Å². The fraction of sp³-hybridized carbons (Fsp3) is 0.444. The Morgan fingerprint density at radius 3 is 2.65 bits per heavy atom. The summed E-state index contributed by atoms with van der Waals surface area (Å²) in [7, 11) is 1.90. The Morgan fingerprint density at radius 2 is 2.00 bits per heavy atom. The standard InChI is InChI=1S/C18H23BrFN5O/c1-23-5-4-21-17(23)11-22-18(26)13-25-8-6-24(7-9-25)12-14-2-3-15(19)10-16(14)20/h2-5,10H,6-9,11-13H2,1H3,(H,22,26). The Labute approximate surface area is 161 Å². The van der Waals surface area contributed by atoms with Gasteiger partial charge in [-0.2, -0.15) is 0 Å². The maximum atomic E-state index is 14.0. The van der Waals surface area contributed by atoms with E-state index in [1.807, 2.05) is 29.9 Å². The van der Waals surface area contributed by atoms with E-state index in [4.69, 9.17) is 0 Å². The van der Waals surface area contributed by atoms with Crippen LogP contribution in [0.15, 0.2) is 35.1 Å². The third-order valence-corrected chi connectivity index (χ3v) is 5.10. The monoisotopic (exact) mass is 423 g/mol. The van der Waals surface area contributed by atoms with Crippen molar-refractivity contribution in [3.63, 3.8) is 0 Å². The van der Waals surface area contributed by atoms with Crippen LogP contribution >= 0.6 is 15.9 Å². The van der Waals surface area contributed by atoms with Crippen LogP contribution in [-0.2, 0) is 24.9 Å². The Kier molecular flexibility index (Phi) is 6.39. The maximum Gasteiger partial charge on any atom is 0.234 e. The zero-order valence-corrected chi connectivity index (χ0v) is 16.4. The van der Waals surface area contributed by atoms with Crippen molar-refractivity contribution in [2.75, 3.05) is 32.7 Å². The van der Waals surface area contributed by atoms with E-state index >= 15 is 0 Å². The van der Waals surface area contributed by atoms with Crippen molar-refractivity contribution in [3.05, 3.63) is 52.3 Å². The summed E-state index contributed by atoms with van der Waals surface area (Å²) in [5, 5.41) is 2.91. The van der Waals surface area contributed by atoms with Gasteiger partial charge in [0.15, 0.2) is 0 Å². The van der Waals surface area contributed by atoms with Gasteiger partial charge in [-0.3, -0.25) is 14.6 Å². The van der Waals surface area contributed by atoms with E-state index in [1.54, 1.807) is 6.20 Å². The maximum absolute atomic E-state index is 14.0. The molecular weight excluding hydrogens is 401 g/mol. The van der Waals surface area contributed by atoms with Crippen molar-refractivity contribution in [1.82, 2.24) is 24.7 Å². The molecule has 0 unspecified atom stereocenters. The highest BCUT2D eigenvalue weighted by Crippen LogP contribution is 2.17. The fourth-order valence-electron chi connectivity index (χ4n) is 3.00. The largest absolute Gasteiger partial charge is 0.348 e. The number of nitrogens with zero attached hydrogens (tertiary/aromatic N) is 4. The summed E-state index contributed by atoms with van der Waals surface area (Å²) in [6, 6.07) is 5.18. The SMILES string of the molecule is Cn1ccnc1CNC(=O)CN1CCN(Cc2ccc(Br)cc2F)CC1. The zero-order chi connectivity index (χ0) is 18.5. The number of aryl methyl sites for hydroxylation is 1. The van der Waals surface area contributed by atoms with Gasteiger partial charge in [-0.15, -0.1) is 0 Å². The molecule has 2 heterocycles. The van der Waals surface area contributed by atoms with Gasteiger partial charge in [0.25, 0.3) is 0 Å². The normalized spacial score (nSPS) is 16.0. The van der Waals surface area contributed by atoms with Crippen LogP contribution < -0.4 is 5.32 Å². The molecule has 1 saturated heterocycles. The third kappa shape index (κ3) is 5.12. The van der Waals surface area contributed by atoms with Gasteiger partial charge in [-0.25, -0.2) is 9.37 Å². The van der Waals surface area contributed by atoms with Crippen molar-refractivity contribution in [2.45, 2.75) is 13.1 Å². The summed E-state index contributed by atoms with van der Waals surface area (Å²) in [6.45, 7) is 4.65. The van der Waals surface area contributed by atoms with E-state index < -0.39 is 0 Å². The van der Waals surface area contributed by atoms with Crippen molar-refractivity contribution in [1.29, 1.82) is 0 Å². The number of hydrogen-bond acceptors (Lipinski definition) is 4. The van der Waals surface area contributed by atoms with Gasteiger partial charge in [-0.1, -0.05) is 22.0 Å². The summed E-state index contributed by atoms with van der Waals surface area (Å²) in [5.74, 6) is 0.649. The van der Waals surface area contributed by atoms with Crippen LogP contribution in [0.25, 0.3) is 0 Å². The second-order valence-electron chi connectivity index (χ2n) is 6.52. The van der Waals surface area contributed by atoms with Gasteiger partial charge < -0.3 is 9.88 Å². The second kappa shape index (κ2) is 8.75. The number of carbonyl (C=O) groups excluding carboxylic acids is 1. The van der Waals surface area contributed by atoms with Gasteiger partial charge in [0.05, 0.1) is 13.1 Å². The molecule has 140 valence electrons. The minimum absolute atomic E-state index is 0.000374. The molecule has 1 amide bonds. The molecule has 0 bridgehead atoms. The highest BCUT2D eigenvalue weighted by molar-refractivity contribution is 9.10. The summed E-state index contributed by atoms with van der Waals surface area (Å²) < 4.78 is 16.6. The number of benzene rings is 1. The lowest BCUT2D eigenvalue weighted by atomic mass is 10.2. The molecule has 26 heavy (non-hydrogen) atoms. The molecule has 1 aromatic carbocycles. The molecule has 3 rings (SSSR count). The van der Waals surface area contributed by atoms with Crippen LogP contribution in [0.5, 0.6) is 0 Å². The molecule has 8 heteroatoms. The molecule has 2 aromatic rings. The van der Waals surface area contributed by atoms with Crippen molar-refractivity contribution in [2.24, 2.45) is 7.05 Å². The zero-order valence-electron chi connectivity index (χ0n) is 14.8. The number of amides is 1. The minimum Gasteiger partial charge on any atom is -0.348 e. The molecule has 1 aromatic heterocycles. The van der Waals surface area contributed by atoms with Crippen molar-refractivity contribution >= 4 is 21.8 Å². The number of nitrogens with one attached hydrogen (secondary N) is 1. The molecule has 1 N–H and O–H groups in total. The van der Waals surface area contributed by atoms with Gasteiger partial charge >= 0.3 is 0 Å². The third-order valence-electron chi connectivity index (χ3n) is 4.61.